The molecule has 2 aromatic heterocycles. The first-order chi connectivity index (χ1) is 16.6. The zero-order valence-electron chi connectivity index (χ0n) is 19.1. The molecule has 5 rings (SSSR count). The third-order valence-corrected chi connectivity index (χ3v) is 6.84. The third kappa shape index (κ3) is 4.19. The van der Waals surface area contributed by atoms with Crippen LogP contribution in [0.25, 0.3) is 5.78 Å². The molecule has 0 bridgehead atoms. The van der Waals surface area contributed by atoms with Crippen molar-refractivity contribution in [3.8, 4) is 17.2 Å². The predicted molar refractivity (Wildman–Crippen MR) is 128 cm³/mol. The Labute approximate surface area is 201 Å². The molecule has 0 fully saturated rings. The van der Waals surface area contributed by atoms with Crippen molar-refractivity contribution in [2.45, 2.75) is 29.7 Å². The summed E-state index contributed by atoms with van der Waals surface area (Å²) in [4.78, 5) is 22.3. The maximum atomic E-state index is 13.1. The summed E-state index contributed by atoms with van der Waals surface area (Å²) in [5, 5.41) is 5.15. The number of Topliss-reactive ketones (excluding diaryl/α,β-unsaturated/α-hetero) is 1. The number of ketones is 1. The minimum atomic E-state index is -0.0569. The van der Waals surface area contributed by atoms with Gasteiger partial charge < -0.3 is 14.2 Å². The maximum Gasteiger partial charge on any atom is 0.253 e. The lowest BCUT2D eigenvalue weighted by Crippen LogP contribution is -2.21. The molecule has 2 aromatic carbocycles. The van der Waals surface area contributed by atoms with Crippen molar-refractivity contribution in [2.75, 3.05) is 21.3 Å². The molecule has 0 aliphatic heterocycles. The van der Waals surface area contributed by atoms with Crippen molar-refractivity contribution in [3.63, 3.8) is 0 Å². The highest BCUT2D eigenvalue weighted by Gasteiger charge is 2.30. The number of hydrogen-bond donors (Lipinski definition) is 0. The number of carbonyl (C=O) groups is 1. The number of benzene rings is 2. The van der Waals surface area contributed by atoms with E-state index in [0.717, 1.165) is 17.0 Å². The summed E-state index contributed by atoms with van der Waals surface area (Å²) < 4.78 is 18.0. The van der Waals surface area contributed by atoms with E-state index >= 15 is 0 Å². The van der Waals surface area contributed by atoms with Crippen LogP contribution in [-0.2, 0) is 12.2 Å². The van der Waals surface area contributed by atoms with E-state index in [1.807, 2.05) is 30.3 Å². The van der Waals surface area contributed by atoms with Crippen LogP contribution in [0.1, 0.15) is 39.5 Å². The SMILES string of the molecule is COc1cc([C@H]2CC(=O)c3cn4nc(SCc5ccccc5)nc4nc3C2)cc(OC)c1OC. The minimum Gasteiger partial charge on any atom is -0.493 e. The number of hydrogen-bond acceptors (Lipinski definition) is 8. The number of aromatic nitrogens is 4. The van der Waals surface area contributed by atoms with Crippen molar-refractivity contribution in [1.82, 2.24) is 19.6 Å². The van der Waals surface area contributed by atoms with E-state index in [0.29, 0.717) is 46.6 Å². The quantitative estimate of drug-likeness (QED) is 0.364. The summed E-state index contributed by atoms with van der Waals surface area (Å²) in [7, 11) is 4.74. The maximum absolute atomic E-state index is 13.1. The summed E-state index contributed by atoms with van der Waals surface area (Å²) >= 11 is 1.54. The Bertz CT molecular complexity index is 1330. The number of thioether (sulfide) groups is 1. The smallest absolute Gasteiger partial charge is 0.253 e. The Hall–Kier alpha value is -3.59. The Morgan fingerprint density at radius 2 is 1.74 bits per heavy atom. The highest BCUT2D eigenvalue weighted by atomic mass is 32.2. The molecule has 34 heavy (non-hydrogen) atoms. The van der Waals surface area contributed by atoms with Crippen molar-refractivity contribution in [1.29, 1.82) is 0 Å². The number of nitrogens with zero attached hydrogens (tertiary/aromatic N) is 4. The number of carbonyl (C=O) groups excluding carboxylic acids is 1. The molecule has 2 heterocycles. The molecule has 0 saturated heterocycles. The lowest BCUT2D eigenvalue weighted by Gasteiger charge is -2.24. The number of ether oxygens (including phenoxy) is 3. The van der Waals surface area contributed by atoms with Crippen molar-refractivity contribution < 1.29 is 19.0 Å². The van der Waals surface area contributed by atoms with Gasteiger partial charge in [0.25, 0.3) is 5.78 Å². The summed E-state index contributed by atoms with van der Waals surface area (Å²) in [6.07, 6.45) is 2.73. The first-order valence-corrected chi connectivity index (χ1v) is 11.8. The van der Waals surface area contributed by atoms with Crippen LogP contribution < -0.4 is 14.2 Å². The van der Waals surface area contributed by atoms with Crippen molar-refractivity contribution in [3.05, 3.63) is 71.0 Å². The second kappa shape index (κ2) is 9.34. The second-order valence-corrected chi connectivity index (χ2v) is 8.94. The van der Waals surface area contributed by atoms with Crippen molar-refractivity contribution >= 4 is 23.3 Å². The standard InChI is InChI=1S/C25H24N4O4S/c1-31-21-11-17(12-22(32-2)23(21)33-3)16-9-19-18(20(30)10-16)13-29-24(26-19)27-25(28-29)34-14-15-7-5-4-6-8-15/h4-8,11-13,16H,9-10,14H2,1-3H3/t16-/m1/s1. The number of rotatable bonds is 7. The molecule has 8 nitrogen and oxygen atoms in total. The molecule has 9 heteroatoms. The van der Waals surface area contributed by atoms with E-state index in [1.165, 1.54) is 5.56 Å². The van der Waals surface area contributed by atoms with Gasteiger partial charge in [0.2, 0.25) is 10.9 Å². The molecular formula is C25H24N4O4S. The molecule has 0 spiro atoms. The predicted octanol–water partition coefficient (Wildman–Crippen LogP) is 4.36. The van der Waals surface area contributed by atoms with E-state index in [9.17, 15) is 4.79 Å². The summed E-state index contributed by atoms with van der Waals surface area (Å²) in [5.41, 5.74) is 3.47. The molecular weight excluding hydrogens is 452 g/mol. The van der Waals surface area contributed by atoms with Gasteiger partial charge in [-0.2, -0.15) is 4.98 Å². The van der Waals surface area contributed by atoms with Gasteiger partial charge in [0.1, 0.15) is 0 Å². The molecule has 174 valence electrons. The van der Waals surface area contributed by atoms with Crippen LogP contribution in [0.15, 0.2) is 53.8 Å². The third-order valence-electron chi connectivity index (χ3n) is 5.93. The van der Waals surface area contributed by atoms with Crippen LogP contribution in [0.4, 0.5) is 0 Å². The molecule has 1 aliphatic carbocycles. The van der Waals surface area contributed by atoms with E-state index in [2.05, 4.69) is 22.2 Å². The topological polar surface area (TPSA) is 87.8 Å². The highest BCUT2D eigenvalue weighted by Crippen LogP contribution is 2.42. The number of fused-ring (bicyclic) bond motifs is 2. The molecule has 0 unspecified atom stereocenters. The Morgan fingerprint density at radius 3 is 2.41 bits per heavy atom. The van der Waals surface area contributed by atoms with Gasteiger partial charge in [-0.15, -0.1) is 5.10 Å². The largest absolute Gasteiger partial charge is 0.493 e. The average molecular weight is 477 g/mol. The van der Waals surface area contributed by atoms with E-state index in [1.54, 1.807) is 43.8 Å². The molecule has 1 atom stereocenters. The van der Waals surface area contributed by atoms with Gasteiger partial charge in [0.15, 0.2) is 17.3 Å². The number of methoxy groups -OCH3 is 3. The van der Waals surface area contributed by atoms with Gasteiger partial charge in [-0.1, -0.05) is 42.1 Å². The zero-order chi connectivity index (χ0) is 23.7. The molecule has 0 saturated carbocycles. The average Bonchev–Trinajstić information content (AvgIpc) is 3.27. The molecule has 1 aliphatic rings. The van der Waals surface area contributed by atoms with Crippen LogP contribution >= 0.6 is 11.8 Å². The van der Waals surface area contributed by atoms with Crippen LogP contribution in [0.3, 0.4) is 0 Å². The molecule has 0 radical (unpaired) electrons. The monoisotopic (exact) mass is 476 g/mol. The van der Waals surface area contributed by atoms with Gasteiger partial charge in [-0.05, 0) is 35.6 Å². The fraction of sp³-hybridized carbons (Fsp3) is 0.280. The fourth-order valence-corrected chi connectivity index (χ4v) is 5.00. The van der Waals surface area contributed by atoms with E-state index in [4.69, 9.17) is 19.2 Å². The first kappa shape index (κ1) is 22.2. The van der Waals surface area contributed by atoms with Gasteiger partial charge in [-0.3, -0.25) is 4.79 Å². The van der Waals surface area contributed by atoms with Crippen LogP contribution in [0, 0.1) is 0 Å². The minimum absolute atomic E-state index is 0.0309. The highest BCUT2D eigenvalue weighted by molar-refractivity contribution is 7.98. The molecule has 4 aromatic rings. The zero-order valence-corrected chi connectivity index (χ0v) is 20.0. The van der Waals surface area contributed by atoms with Crippen molar-refractivity contribution in [2.24, 2.45) is 0 Å². The fourth-order valence-electron chi connectivity index (χ4n) is 4.22. The Kier molecular flexibility index (Phi) is 6.10. The summed E-state index contributed by atoms with van der Waals surface area (Å²) in [5.74, 6) is 2.89. The normalized spacial score (nSPS) is 15.3. The van der Waals surface area contributed by atoms with E-state index < -0.39 is 0 Å². The summed E-state index contributed by atoms with van der Waals surface area (Å²) in [6, 6.07) is 14.0. The Morgan fingerprint density at radius 1 is 1.00 bits per heavy atom. The first-order valence-electron chi connectivity index (χ1n) is 10.9. The van der Waals surface area contributed by atoms with Gasteiger partial charge in [0, 0.05) is 18.4 Å². The van der Waals surface area contributed by atoms with Crippen LogP contribution in [0.2, 0.25) is 0 Å². The second-order valence-electron chi connectivity index (χ2n) is 8.00. The van der Waals surface area contributed by atoms with Gasteiger partial charge in [0.05, 0.1) is 32.6 Å². The lowest BCUT2D eigenvalue weighted by atomic mass is 9.82. The van der Waals surface area contributed by atoms with Crippen LogP contribution in [0.5, 0.6) is 17.2 Å². The Balaban J connectivity index is 1.43. The van der Waals surface area contributed by atoms with Gasteiger partial charge in [-0.25, -0.2) is 9.50 Å². The summed E-state index contributed by atoms with van der Waals surface area (Å²) in [6.45, 7) is 0. The molecule has 0 amide bonds. The lowest BCUT2D eigenvalue weighted by molar-refractivity contribution is 0.0962. The molecule has 0 N–H and O–H groups in total. The van der Waals surface area contributed by atoms with Crippen LogP contribution in [-0.4, -0.2) is 46.7 Å². The van der Waals surface area contributed by atoms with Gasteiger partial charge >= 0.3 is 0 Å². The van der Waals surface area contributed by atoms with E-state index in [-0.39, 0.29) is 11.7 Å².